The maximum Gasteiger partial charge on any atom is 0.267 e. The molecule has 2 N–H and O–H groups in total. The third-order valence-corrected chi connectivity index (χ3v) is 6.70. The summed E-state index contributed by atoms with van der Waals surface area (Å²) in [6, 6.07) is 18.9. The van der Waals surface area contributed by atoms with Crippen molar-refractivity contribution in [2.45, 2.75) is 0 Å². The van der Waals surface area contributed by atoms with Crippen molar-refractivity contribution in [2.75, 3.05) is 36.4 Å². The molecule has 34 heavy (non-hydrogen) atoms. The second-order valence-electron chi connectivity index (χ2n) is 7.61. The summed E-state index contributed by atoms with van der Waals surface area (Å²) >= 11 is 13.1. The predicted octanol–water partition coefficient (Wildman–Crippen LogP) is 4.89. The Morgan fingerprint density at radius 1 is 1.00 bits per heavy atom. The molecule has 0 atom stereocenters. The minimum Gasteiger partial charge on any atom is -0.367 e. The van der Waals surface area contributed by atoms with E-state index in [0.717, 1.165) is 11.3 Å². The Kier molecular flexibility index (Phi) is 7.95. The van der Waals surface area contributed by atoms with Gasteiger partial charge < -0.3 is 15.1 Å². The first-order valence-corrected chi connectivity index (χ1v) is 12.4. The van der Waals surface area contributed by atoms with Crippen LogP contribution in [0.4, 0.5) is 11.4 Å². The fraction of sp³-hybridized carbons (Fsp3) is 0.160. The van der Waals surface area contributed by atoms with E-state index < -0.39 is 0 Å². The number of hydrogen-bond donors (Lipinski definition) is 2. The molecule has 1 fully saturated rings. The van der Waals surface area contributed by atoms with Crippen LogP contribution < -0.4 is 15.5 Å². The van der Waals surface area contributed by atoms with Gasteiger partial charge in [-0.1, -0.05) is 48.0 Å². The standard InChI is InChI=1S/C25H23ClN4O2S2/c26-20-17-19(27-25(33)28-24(32)22-7-4-16-34-22)9-10-21(20)29-12-14-30(15-13-29)23(31)11-8-18-5-2-1-3-6-18/h1-11,16-17H,12-15H2,(H2,27,28,32,33)/b11-8+. The zero-order valence-corrected chi connectivity index (χ0v) is 20.6. The number of anilines is 2. The molecule has 0 aliphatic carbocycles. The van der Waals surface area contributed by atoms with Gasteiger partial charge in [-0.25, -0.2) is 0 Å². The van der Waals surface area contributed by atoms with Gasteiger partial charge in [0.1, 0.15) is 0 Å². The molecule has 0 unspecified atom stereocenters. The molecule has 6 nitrogen and oxygen atoms in total. The van der Waals surface area contributed by atoms with Crippen molar-refractivity contribution >= 4 is 69.5 Å². The minimum atomic E-state index is -0.249. The van der Waals surface area contributed by atoms with Crippen LogP contribution in [-0.4, -0.2) is 48.0 Å². The lowest BCUT2D eigenvalue weighted by molar-refractivity contribution is -0.126. The third kappa shape index (κ3) is 6.22. The highest BCUT2D eigenvalue weighted by molar-refractivity contribution is 7.80. The quantitative estimate of drug-likeness (QED) is 0.378. The highest BCUT2D eigenvalue weighted by atomic mass is 35.5. The molecular formula is C25H23ClN4O2S2. The van der Waals surface area contributed by atoms with Crippen LogP contribution in [-0.2, 0) is 4.79 Å². The first-order valence-electron chi connectivity index (χ1n) is 10.7. The molecule has 1 aliphatic heterocycles. The Hall–Kier alpha value is -3.20. The zero-order valence-electron chi connectivity index (χ0n) is 18.2. The first-order chi connectivity index (χ1) is 16.5. The first kappa shape index (κ1) is 23.9. The molecule has 0 radical (unpaired) electrons. The maximum absolute atomic E-state index is 12.5. The van der Waals surface area contributed by atoms with Gasteiger partial charge in [0.15, 0.2) is 5.11 Å². The van der Waals surface area contributed by atoms with Crippen LogP contribution in [0, 0.1) is 0 Å². The summed E-state index contributed by atoms with van der Waals surface area (Å²) < 4.78 is 0. The number of thiophene rings is 1. The highest BCUT2D eigenvalue weighted by Crippen LogP contribution is 2.29. The molecule has 3 aromatic rings. The molecule has 2 aromatic carbocycles. The fourth-order valence-electron chi connectivity index (χ4n) is 3.58. The maximum atomic E-state index is 12.5. The van der Waals surface area contributed by atoms with Crippen molar-refractivity contribution in [1.29, 1.82) is 0 Å². The van der Waals surface area contributed by atoms with Crippen LogP contribution in [0.5, 0.6) is 0 Å². The number of piperazine rings is 1. The van der Waals surface area contributed by atoms with Crippen LogP contribution in [0.2, 0.25) is 5.02 Å². The number of benzene rings is 2. The lowest BCUT2D eigenvalue weighted by atomic mass is 10.2. The number of carbonyl (C=O) groups excluding carboxylic acids is 2. The molecule has 2 amide bonds. The van der Waals surface area contributed by atoms with Crippen molar-refractivity contribution in [3.63, 3.8) is 0 Å². The molecule has 1 saturated heterocycles. The second-order valence-corrected chi connectivity index (χ2v) is 9.37. The van der Waals surface area contributed by atoms with Crippen molar-refractivity contribution in [1.82, 2.24) is 10.2 Å². The molecule has 0 spiro atoms. The molecule has 1 aliphatic rings. The number of carbonyl (C=O) groups is 2. The van der Waals surface area contributed by atoms with E-state index in [1.165, 1.54) is 11.3 Å². The van der Waals surface area contributed by atoms with Gasteiger partial charge in [0.25, 0.3) is 5.91 Å². The summed E-state index contributed by atoms with van der Waals surface area (Å²) in [4.78, 5) is 29.2. The van der Waals surface area contributed by atoms with Gasteiger partial charge in [-0.3, -0.25) is 14.9 Å². The van der Waals surface area contributed by atoms with Gasteiger partial charge in [-0.05, 0) is 53.5 Å². The van der Waals surface area contributed by atoms with Gasteiger partial charge >= 0.3 is 0 Å². The van der Waals surface area contributed by atoms with E-state index in [2.05, 4.69) is 15.5 Å². The lowest BCUT2D eigenvalue weighted by Crippen LogP contribution is -2.48. The van der Waals surface area contributed by atoms with Crippen LogP contribution in [0.1, 0.15) is 15.2 Å². The number of nitrogens with zero attached hydrogens (tertiary/aromatic N) is 2. The molecule has 1 aromatic heterocycles. The summed E-state index contributed by atoms with van der Waals surface area (Å²) in [5.74, 6) is -0.242. The molecule has 0 saturated carbocycles. The number of rotatable bonds is 5. The Labute approximate surface area is 212 Å². The van der Waals surface area contributed by atoms with Crippen molar-refractivity contribution in [3.05, 3.63) is 87.6 Å². The molecule has 4 rings (SSSR count). The molecule has 0 bridgehead atoms. The summed E-state index contributed by atoms with van der Waals surface area (Å²) in [7, 11) is 0. The normalized spacial score (nSPS) is 13.7. The van der Waals surface area contributed by atoms with Crippen molar-refractivity contribution in [3.8, 4) is 0 Å². The van der Waals surface area contributed by atoms with Gasteiger partial charge in [0, 0.05) is 37.9 Å². The van der Waals surface area contributed by atoms with Crippen molar-refractivity contribution < 1.29 is 9.59 Å². The van der Waals surface area contributed by atoms with Gasteiger partial charge in [-0.2, -0.15) is 0 Å². The number of amides is 2. The highest BCUT2D eigenvalue weighted by Gasteiger charge is 2.21. The minimum absolute atomic E-state index is 0.00672. The molecule has 2 heterocycles. The van der Waals surface area contributed by atoms with E-state index in [4.69, 9.17) is 23.8 Å². The van der Waals surface area contributed by atoms with Crippen LogP contribution in [0.15, 0.2) is 72.1 Å². The van der Waals surface area contributed by atoms with Gasteiger partial charge in [-0.15, -0.1) is 11.3 Å². The molecule has 9 heteroatoms. The number of nitrogens with one attached hydrogen (secondary N) is 2. The van der Waals surface area contributed by atoms with E-state index in [1.807, 2.05) is 64.9 Å². The summed E-state index contributed by atoms with van der Waals surface area (Å²) in [6.07, 6.45) is 3.46. The Bertz CT molecular complexity index is 1190. The third-order valence-electron chi connectivity index (χ3n) is 5.33. The number of hydrogen-bond acceptors (Lipinski definition) is 5. The Morgan fingerprint density at radius 2 is 1.76 bits per heavy atom. The van der Waals surface area contributed by atoms with E-state index in [-0.39, 0.29) is 16.9 Å². The Balaban J connectivity index is 1.29. The fourth-order valence-corrected chi connectivity index (χ4v) is 4.71. The smallest absolute Gasteiger partial charge is 0.267 e. The number of halogens is 1. The summed E-state index contributed by atoms with van der Waals surface area (Å²) in [6.45, 7) is 2.61. The average Bonchev–Trinajstić information content (AvgIpc) is 3.39. The van der Waals surface area contributed by atoms with E-state index in [1.54, 1.807) is 18.2 Å². The van der Waals surface area contributed by atoms with E-state index >= 15 is 0 Å². The second kappa shape index (κ2) is 11.3. The van der Waals surface area contributed by atoms with Gasteiger partial charge in [0.2, 0.25) is 5.91 Å². The van der Waals surface area contributed by atoms with Gasteiger partial charge in [0.05, 0.1) is 15.6 Å². The van der Waals surface area contributed by atoms with E-state index in [9.17, 15) is 9.59 Å². The summed E-state index contributed by atoms with van der Waals surface area (Å²) in [5.41, 5.74) is 2.58. The predicted molar refractivity (Wildman–Crippen MR) is 144 cm³/mol. The summed E-state index contributed by atoms with van der Waals surface area (Å²) in [5, 5.41) is 8.27. The largest absolute Gasteiger partial charge is 0.367 e. The zero-order chi connectivity index (χ0) is 23.9. The molecular weight excluding hydrogens is 488 g/mol. The SMILES string of the molecule is O=C(NC(=S)Nc1ccc(N2CCN(C(=O)/C=C/c3ccccc3)CC2)c(Cl)c1)c1cccs1. The van der Waals surface area contributed by atoms with Crippen LogP contribution >= 0.6 is 35.2 Å². The average molecular weight is 511 g/mol. The monoisotopic (exact) mass is 510 g/mol. The lowest BCUT2D eigenvalue weighted by Gasteiger charge is -2.36. The Morgan fingerprint density at radius 3 is 2.44 bits per heavy atom. The van der Waals surface area contributed by atoms with Crippen molar-refractivity contribution in [2.24, 2.45) is 0 Å². The van der Waals surface area contributed by atoms with Crippen LogP contribution in [0.25, 0.3) is 6.08 Å². The topological polar surface area (TPSA) is 64.7 Å². The number of thiocarbonyl (C=S) groups is 1. The van der Waals surface area contributed by atoms with E-state index in [0.29, 0.717) is 41.8 Å². The molecule has 174 valence electrons. The van der Waals surface area contributed by atoms with Crippen LogP contribution in [0.3, 0.4) is 0 Å².